The van der Waals surface area contributed by atoms with Gasteiger partial charge in [-0.25, -0.2) is 14.6 Å². The van der Waals surface area contributed by atoms with Crippen molar-refractivity contribution in [2.45, 2.75) is 52.1 Å². The van der Waals surface area contributed by atoms with E-state index in [1.807, 2.05) is 6.92 Å². The summed E-state index contributed by atoms with van der Waals surface area (Å²) < 4.78 is 5.34. The third-order valence-corrected chi connectivity index (χ3v) is 3.32. The van der Waals surface area contributed by atoms with Gasteiger partial charge < -0.3 is 20.2 Å². The Morgan fingerprint density at radius 2 is 2.00 bits per heavy atom. The van der Waals surface area contributed by atoms with E-state index in [1.165, 1.54) is 0 Å². The summed E-state index contributed by atoms with van der Waals surface area (Å²) >= 11 is 0. The van der Waals surface area contributed by atoms with Crippen LogP contribution >= 0.6 is 0 Å². The molecule has 1 aromatic heterocycles. The van der Waals surface area contributed by atoms with Crippen molar-refractivity contribution in [2.75, 3.05) is 0 Å². The number of carbonyl (C=O) groups excluding carboxylic acids is 1. The molecule has 1 aromatic rings. The predicted molar refractivity (Wildman–Crippen MR) is 72.2 cm³/mol. The van der Waals surface area contributed by atoms with E-state index in [-0.39, 0.29) is 6.54 Å². The summed E-state index contributed by atoms with van der Waals surface area (Å²) in [4.78, 5) is 27.0. The van der Waals surface area contributed by atoms with E-state index in [1.54, 1.807) is 20.0 Å². The number of urea groups is 1. The van der Waals surface area contributed by atoms with Gasteiger partial charge in [0.25, 0.3) is 0 Å². The maximum absolute atomic E-state index is 11.8. The number of nitrogens with one attached hydrogen (secondary N) is 2. The van der Waals surface area contributed by atoms with Gasteiger partial charge in [0.05, 0.1) is 12.7 Å². The summed E-state index contributed by atoms with van der Waals surface area (Å²) in [5.74, 6) is 0.0946. The Morgan fingerprint density at radius 3 is 2.45 bits per heavy atom. The fourth-order valence-electron chi connectivity index (χ4n) is 1.79. The molecule has 2 amide bonds. The van der Waals surface area contributed by atoms with Gasteiger partial charge in [-0.2, -0.15) is 0 Å². The van der Waals surface area contributed by atoms with Crippen molar-refractivity contribution in [3.8, 4) is 0 Å². The lowest BCUT2D eigenvalue weighted by molar-refractivity contribution is -0.144. The molecule has 0 saturated heterocycles. The number of rotatable bonds is 7. The molecule has 0 fully saturated rings. The highest BCUT2D eigenvalue weighted by Crippen LogP contribution is 2.15. The molecular weight excluding hydrogens is 262 g/mol. The maximum atomic E-state index is 11.8. The quantitative estimate of drug-likeness (QED) is 0.706. The minimum absolute atomic E-state index is 0.120. The first kappa shape index (κ1) is 16.0. The lowest BCUT2D eigenvalue weighted by Crippen LogP contribution is -2.56. The molecule has 1 heterocycles. The highest BCUT2D eigenvalue weighted by Gasteiger charge is 2.36. The molecule has 20 heavy (non-hydrogen) atoms. The molecule has 0 aliphatic rings. The molecule has 0 spiro atoms. The second-order valence-electron chi connectivity index (χ2n) is 4.48. The van der Waals surface area contributed by atoms with Gasteiger partial charge in [0, 0.05) is 6.42 Å². The molecule has 0 aliphatic carbocycles. The lowest BCUT2D eigenvalue weighted by atomic mass is 9.93. The van der Waals surface area contributed by atoms with Crippen LogP contribution in [-0.4, -0.2) is 27.6 Å². The molecule has 0 aromatic carbocycles. The predicted octanol–water partition coefficient (Wildman–Crippen LogP) is 1.68. The van der Waals surface area contributed by atoms with Crippen LogP contribution in [0.3, 0.4) is 0 Å². The van der Waals surface area contributed by atoms with Crippen molar-refractivity contribution in [1.82, 2.24) is 15.6 Å². The van der Waals surface area contributed by atoms with Crippen molar-refractivity contribution >= 4 is 12.0 Å². The summed E-state index contributed by atoms with van der Waals surface area (Å²) in [6.07, 6.45) is 2.96. The highest BCUT2D eigenvalue weighted by atomic mass is 16.4. The zero-order valence-corrected chi connectivity index (χ0v) is 12.0. The van der Waals surface area contributed by atoms with Gasteiger partial charge >= 0.3 is 12.0 Å². The number of hydrogen-bond donors (Lipinski definition) is 3. The van der Waals surface area contributed by atoms with Crippen molar-refractivity contribution < 1.29 is 19.1 Å². The molecule has 112 valence electrons. The Morgan fingerprint density at radius 1 is 1.35 bits per heavy atom. The van der Waals surface area contributed by atoms with Crippen molar-refractivity contribution in [3.05, 3.63) is 17.8 Å². The number of amides is 2. The molecular formula is C13H21N3O4. The Bertz CT molecular complexity index is 466. The smallest absolute Gasteiger partial charge is 0.329 e. The minimum Gasteiger partial charge on any atom is -0.480 e. The molecule has 0 saturated carbocycles. The van der Waals surface area contributed by atoms with E-state index in [0.29, 0.717) is 18.7 Å². The first-order valence-corrected chi connectivity index (χ1v) is 6.70. The standard InChI is InChI=1S/C13H21N3O4/c1-4-9-7-14-10(20-9)8-15-12(19)16-13(5-2,6-3)11(17)18/h7H,4-6,8H2,1-3H3,(H,17,18)(H2,15,16,19). The number of carbonyl (C=O) groups is 2. The van der Waals surface area contributed by atoms with Crippen LogP contribution in [0, 0.1) is 0 Å². The normalized spacial score (nSPS) is 11.2. The van der Waals surface area contributed by atoms with Crippen molar-refractivity contribution in [2.24, 2.45) is 0 Å². The minimum atomic E-state index is -1.24. The number of aryl methyl sites for hydroxylation is 1. The monoisotopic (exact) mass is 283 g/mol. The number of oxazole rings is 1. The topological polar surface area (TPSA) is 104 Å². The fourth-order valence-corrected chi connectivity index (χ4v) is 1.79. The van der Waals surface area contributed by atoms with Crippen molar-refractivity contribution in [1.29, 1.82) is 0 Å². The number of aliphatic carboxylic acids is 1. The van der Waals surface area contributed by atoms with E-state index < -0.39 is 17.5 Å². The molecule has 7 heteroatoms. The Balaban J connectivity index is 2.56. The molecule has 1 rings (SSSR count). The number of nitrogens with zero attached hydrogens (tertiary/aromatic N) is 1. The largest absolute Gasteiger partial charge is 0.480 e. The zero-order valence-electron chi connectivity index (χ0n) is 12.0. The Labute approximate surface area is 117 Å². The highest BCUT2D eigenvalue weighted by molar-refractivity contribution is 5.86. The molecule has 3 N–H and O–H groups in total. The zero-order chi connectivity index (χ0) is 15.2. The van der Waals surface area contributed by atoms with Crippen LogP contribution in [0.4, 0.5) is 4.79 Å². The van der Waals surface area contributed by atoms with Crippen LogP contribution < -0.4 is 10.6 Å². The van der Waals surface area contributed by atoms with Gasteiger partial charge in [0.15, 0.2) is 0 Å². The van der Waals surface area contributed by atoms with Crippen LogP contribution in [0.2, 0.25) is 0 Å². The lowest BCUT2D eigenvalue weighted by Gasteiger charge is -2.27. The molecule has 0 aliphatic heterocycles. The van der Waals surface area contributed by atoms with E-state index in [0.717, 1.165) is 12.2 Å². The van der Waals surface area contributed by atoms with Gasteiger partial charge in [-0.15, -0.1) is 0 Å². The molecule has 0 unspecified atom stereocenters. The molecule has 0 bridgehead atoms. The summed E-state index contributed by atoms with van der Waals surface area (Å²) in [5, 5.41) is 14.3. The Hall–Kier alpha value is -2.05. The van der Waals surface area contributed by atoms with Gasteiger partial charge in [-0.3, -0.25) is 0 Å². The van der Waals surface area contributed by atoms with E-state index >= 15 is 0 Å². The molecule has 7 nitrogen and oxygen atoms in total. The van der Waals surface area contributed by atoms with E-state index in [4.69, 9.17) is 4.42 Å². The summed E-state index contributed by atoms with van der Waals surface area (Å²) in [6.45, 7) is 5.50. The van der Waals surface area contributed by atoms with Crippen LogP contribution in [0.25, 0.3) is 0 Å². The summed E-state index contributed by atoms with van der Waals surface area (Å²) in [5.41, 5.74) is -1.24. The van der Waals surface area contributed by atoms with Gasteiger partial charge in [0.2, 0.25) is 5.89 Å². The average Bonchev–Trinajstić information content (AvgIpc) is 2.90. The van der Waals surface area contributed by atoms with Crippen LogP contribution in [0.5, 0.6) is 0 Å². The second-order valence-corrected chi connectivity index (χ2v) is 4.48. The second kappa shape index (κ2) is 6.93. The molecule has 0 radical (unpaired) electrons. The summed E-state index contributed by atoms with van der Waals surface area (Å²) in [7, 11) is 0. The first-order chi connectivity index (χ1) is 9.47. The van der Waals surface area contributed by atoms with Crippen LogP contribution in [0.1, 0.15) is 45.3 Å². The number of aromatic nitrogens is 1. The van der Waals surface area contributed by atoms with Crippen LogP contribution in [0.15, 0.2) is 10.6 Å². The molecule has 0 atom stereocenters. The van der Waals surface area contributed by atoms with Crippen molar-refractivity contribution in [3.63, 3.8) is 0 Å². The van der Waals surface area contributed by atoms with E-state index in [9.17, 15) is 14.7 Å². The van der Waals surface area contributed by atoms with E-state index in [2.05, 4.69) is 15.6 Å². The number of hydrogen-bond acceptors (Lipinski definition) is 4. The van der Waals surface area contributed by atoms with Crippen LogP contribution in [-0.2, 0) is 17.8 Å². The SMILES string of the molecule is CCc1cnc(CNC(=O)NC(CC)(CC)C(=O)O)o1. The van der Waals surface area contributed by atoms with Gasteiger partial charge in [-0.1, -0.05) is 20.8 Å². The summed E-state index contributed by atoms with van der Waals surface area (Å²) in [6, 6.07) is -0.549. The third kappa shape index (κ3) is 3.72. The number of carboxylic acids is 1. The third-order valence-electron chi connectivity index (χ3n) is 3.32. The maximum Gasteiger partial charge on any atom is 0.329 e. The Kier molecular flexibility index (Phi) is 5.54. The number of carboxylic acid groups (broad SMARTS) is 1. The average molecular weight is 283 g/mol. The fraction of sp³-hybridized carbons (Fsp3) is 0.615. The van der Waals surface area contributed by atoms with Gasteiger partial charge in [0.1, 0.15) is 11.3 Å². The van der Waals surface area contributed by atoms with Gasteiger partial charge in [-0.05, 0) is 12.8 Å². The first-order valence-electron chi connectivity index (χ1n) is 6.70.